The molecular weight excluding hydrogens is 355 g/mol. The molecule has 0 aliphatic rings. The molecule has 0 aliphatic carbocycles. The van der Waals surface area contributed by atoms with Crippen molar-refractivity contribution in [3.63, 3.8) is 0 Å². The van der Waals surface area contributed by atoms with Crippen molar-refractivity contribution < 1.29 is 18.0 Å². The van der Waals surface area contributed by atoms with Gasteiger partial charge in [0.15, 0.2) is 17.5 Å². The van der Waals surface area contributed by atoms with Crippen molar-refractivity contribution in [2.24, 2.45) is 0 Å². The minimum Gasteiger partial charge on any atom is -0.352 e. The van der Waals surface area contributed by atoms with E-state index in [-0.39, 0.29) is 22.8 Å². The van der Waals surface area contributed by atoms with Crippen molar-refractivity contribution in [3.05, 3.63) is 89.0 Å². The summed E-state index contributed by atoms with van der Waals surface area (Å²) >= 11 is 0. The smallest absolute Gasteiger partial charge is 0.253 e. The van der Waals surface area contributed by atoms with Gasteiger partial charge in [-0.05, 0) is 30.7 Å². The minimum atomic E-state index is -1.57. The second-order valence-corrected chi connectivity index (χ2v) is 5.98. The van der Waals surface area contributed by atoms with Gasteiger partial charge in [0.05, 0.1) is 23.1 Å². The molecule has 0 fully saturated rings. The summed E-state index contributed by atoms with van der Waals surface area (Å²) < 4.78 is 40.1. The SMILES string of the molecule is Cc1cccc(CNC(=O)c2cncc(Nc3ccc(F)c(F)c3F)c2)c1. The van der Waals surface area contributed by atoms with Crippen LogP contribution in [0, 0.1) is 24.4 Å². The van der Waals surface area contributed by atoms with Crippen LogP contribution in [-0.4, -0.2) is 10.9 Å². The lowest BCUT2D eigenvalue weighted by Gasteiger charge is -2.10. The highest BCUT2D eigenvalue weighted by atomic mass is 19.2. The van der Waals surface area contributed by atoms with Gasteiger partial charge in [-0.2, -0.15) is 0 Å². The second-order valence-electron chi connectivity index (χ2n) is 5.98. The van der Waals surface area contributed by atoms with Crippen molar-refractivity contribution in [3.8, 4) is 0 Å². The first-order chi connectivity index (χ1) is 12.9. The maximum atomic E-state index is 13.8. The highest BCUT2D eigenvalue weighted by Gasteiger charge is 2.14. The third-order valence-electron chi connectivity index (χ3n) is 3.85. The number of pyridine rings is 1. The lowest BCUT2D eigenvalue weighted by Crippen LogP contribution is -2.23. The van der Waals surface area contributed by atoms with Crippen LogP contribution in [0.1, 0.15) is 21.5 Å². The van der Waals surface area contributed by atoms with Gasteiger partial charge in [-0.3, -0.25) is 9.78 Å². The van der Waals surface area contributed by atoms with E-state index < -0.39 is 17.5 Å². The van der Waals surface area contributed by atoms with Gasteiger partial charge >= 0.3 is 0 Å². The summed E-state index contributed by atoms with van der Waals surface area (Å²) in [5, 5.41) is 5.36. The Morgan fingerprint density at radius 3 is 2.63 bits per heavy atom. The van der Waals surface area contributed by atoms with E-state index in [1.165, 1.54) is 18.5 Å². The molecule has 4 nitrogen and oxygen atoms in total. The molecule has 138 valence electrons. The number of amides is 1. The first-order valence-corrected chi connectivity index (χ1v) is 8.13. The maximum Gasteiger partial charge on any atom is 0.253 e. The largest absolute Gasteiger partial charge is 0.352 e. The lowest BCUT2D eigenvalue weighted by molar-refractivity contribution is 0.0950. The first-order valence-electron chi connectivity index (χ1n) is 8.13. The molecule has 3 aromatic rings. The van der Waals surface area contributed by atoms with Crippen LogP contribution in [0.25, 0.3) is 0 Å². The molecule has 0 radical (unpaired) electrons. The normalized spacial score (nSPS) is 10.5. The number of anilines is 2. The second kappa shape index (κ2) is 7.90. The van der Waals surface area contributed by atoms with Gasteiger partial charge in [0, 0.05) is 12.7 Å². The molecule has 0 spiro atoms. The zero-order chi connectivity index (χ0) is 19.4. The Bertz CT molecular complexity index is 992. The minimum absolute atomic E-state index is 0.246. The van der Waals surface area contributed by atoms with Crippen LogP contribution in [0.5, 0.6) is 0 Å². The fraction of sp³-hybridized carbons (Fsp3) is 0.100. The third-order valence-corrected chi connectivity index (χ3v) is 3.85. The number of aryl methyl sites for hydroxylation is 1. The average Bonchev–Trinajstić information content (AvgIpc) is 2.67. The lowest BCUT2D eigenvalue weighted by atomic mass is 10.1. The van der Waals surface area contributed by atoms with Crippen LogP contribution in [-0.2, 0) is 6.54 Å². The number of carbonyl (C=O) groups excluding carboxylic acids is 1. The molecule has 1 heterocycles. The summed E-state index contributed by atoms with van der Waals surface area (Å²) in [6.07, 6.45) is 2.70. The van der Waals surface area contributed by atoms with E-state index in [1.807, 2.05) is 31.2 Å². The Kier molecular flexibility index (Phi) is 5.40. The van der Waals surface area contributed by atoms with E-state index in [2.05, 4.69) is 15.6 Å². The number of halogens is 3. The fourth-order valence-corrected chi connectivity index (χ4v) is 2.52. The predicted octanol–water partition coefficient (Wildman–Crippen LogP) is 4.48. The molecule has 0 unspecified atom stereocenters. The first kappa shape index (κ1) is 18.4. The zero-order valence-electron chi connectivity index (χ0n) is 14.4. The monoisotopic (exact) mass is 371 g/mol. The number of benzene rings is 2. The van der Waals surface area contributed by atoms with Crippen molar-refractivity contribution in [1.29, 1.82) is 0 Å². The Morgan fingerprint density at radius 1 is 1.04 bits per heavy atom. The molecule has 2 aromatic carbocycles. The van der Waals surface area contributed by atoms with Gasteiger partial charge in [-0.1, -0.05) is 29.8 Å². The molecular formula is C20H16F3N3O. The van der Waals surface area contributed by atoms with Gasteiger partial charge in [0.2, 0.25) is 0 Å². The van der Waals surface area contributed by atoms with Crippen molar-refractivity contribution in [2.45, 2.75) is 13.5 Å². The van der Waals surface area contributed by atoms with Crippen molar-refractivity contribution >= 4 is 17.3 Å². The number of hydrogen-bond acceptors (Lipinski definition) is 3. The van der Waals surface area contributed by atoms with E-state index in [0.29, 0.717) is 6.54 Å². The average molecular weight is 371 g/mol. The molecule has 1 aromatic heterocycles. The molecule has 2 N–H and O–H groups in total. The number of nitrogens with zero attached hydrogens (tertiary/aromatic N) is 1. The molecule has 7 heteroatoms. The van der Waals surface area contributed by atoms with Gasteiger partial charge in [0.1, 0.15) is 0 Å². The standard InChI is InChI=1S/C20H16F3N3O/c1-12-3-2-4-13(7-12)9-25-20(27)14-8-15(11-24-10-14)26-17-6-5-16(21)18(22)19(17)23/h2-8,10-11,26H,9H2,1H3,(H,25,27). The number of rotatable bonds is 5. The van der Waals surface area contributed by atoms with Crippen LogP contribution in [0.4, 0.5) is 24.5 Å². The Labute approximate surface area is 154 Å². The zero-order valence-corrected chi connectivity index (χ0v) is 14.4. The summed E-state index contributed by atoms with van der Waals surface area (Å²) in [4.78, 5) is 16.2. The van der Waals surface area contributed by atoms with E-state index in [9.17, 15) is 18.0 Å². The molecule has 1 amide bonds. The Hall–Kier alpha value is -3.35. The van der Waals surface area contributed by atoms with E-state index in [0.717, 1.165) is 23.3 Å². The summed E-state index contributed by atoms with van der Waals surface area (Å²) in [5.74, 6) is -4.55. The van der Waals surface area contributed by atoms with Crippen LogP contribution < -0.4 is 10.6 Å². The van der Waals surface area contributed by atoms with Crippen LogP contribution in [0.2, 0.25) is 0 Å². The van der Waals surface area contributed by atoms with Gasteiger partial charge < -0.3 is 10.6 Å². The predicted molar refractivity (Wildman–Crippen MR) is 96.2 cm³/mol. The maximum absolute atomic E-state index is 13.8. The van der Waals surface area contributed by atoms with Crippen LogP contribution >= 0.6 is 0 Å². The molecule has 0 saturated heterocycles. The van der Waals surface area contributed by atoms with E-state index in [1.54, 1.807) is 0 Å². The Balaban J connectivity index is 1.71. The summed E-state index contributed by atoms with van der Waals surface area (Å²) in [6.45, 7) is 2.30. The van der Waals surface area contributed by atoms with E-state index >= 15 is 0 Å². The molecule has 0 bridgehead atoms. The van der Waals surface area contributed by atoms with Gasteiger partial charge in [0.25, 0.3) is 5.91 Å². The summed E-state index contributed by atoms with van der Waals surface area (Å²) in [7, 11) is 0. The topological polar surface area (TPSA) is 54.0 Å². The molecule has 0 aliphatic heterocycles. The number of hydrogen-bond donors (Lipinski definition) is 2. The summed E-state index contributed by atoms with van der Waals surface area (Å²) in [6, 6.07) is 11.0. The number of nitrogens with one attached hydrogen (secondary N) is 2. The summed E-state index contributed by atoms with van der Waals surface area (Å²) in [5.41, 5.74) is 2.30. The van der Waals surface area contributed by atoms with Crippen molar-refractivity contribution in [2.75, 3.05) is 5.32 Å². The molecule has 3 rings (SSSR count). The van der Waals surface area contributed by atoms with Crippen LogP contribution in [0.15, 0.2) is 54.9 Å². The quantitative estimate of drug-likeness (QED) is 0.650. The third kappa shape index (κ3) is 4.44. The number of carbonyl (C=O) groups is 1. The van der Waals surface area contributed by atoms with Gasteiger partial charge in [-0.15, -0.1) is 0 Å². The highest BCUT2D eigenvalue weighted by Crippen LogP contribution is 2.23. The van der Waals surface area contributed by atoms with Gasteiger partial charge in [-0.25, -0.2) is 13.2 Å². The Morgan fingerprint density at radius 2 is 1.85 bits per heavy atom. The molecule has 0 atom stereocenters. The highest BCUT2D eigenvalue weighted by molar-refractivity contribution is 5.94. The fourth-order valence-electron chi connectivity index (χ4n) is 2.52. The van der Waals surface area contributed by atoms with E-state index in [4.69, 9.17) is 0 Å². The molecule has 0 saturated carbocycles. The van der Waals surface area contributed by atoms with Crippen molar-refractivity contribution in [1.82, 2.24) is 10.3 Å². The molecule has 27 heavy (non-hydrogen) atoms. The number of aromatic nitrogens is 1. The van der Waals surface area contributed by atoms with Crippen LogP contribution in [0.3, 0.4) is 0 Å².